The van der Waals surface area contributed by atoms with Crippen molar-refractivity contribution in [1.82, 2.24) is 0 Å². The third-order valence-corrected chi connectivity index (χ3v) is 1.53. The van der Waals surface area contributed by atoms with E-state index in [9.17, 15) is 22.0 Å². The molecule has 0 heterocycles. The molecule has 0 radical (unpaired) electrons. The molecule has 0 spiro atoms. The number of hydrogen-bond donors (Lipinski definition) is 0. The second-order valence-electron chi connectivity index (χ2n) is 2.57. The lowest BCUT2D eigenvalue weighted by atomic mass is 10.1. The Hall–Kier alpha value is -1.39. The highest BCUT2D eigenvalue weighted by atomic mass is 19.2. The van der Waals surface area contributed by atoms with Gasteiger partial charge in [0.2, 0.25) is 0 Å². The third kappa shape index (κ3) is 4.10. The summed E-state index contributed by atoms with van der Waals surface area (Å²) in [5.41, 5.74) is -0.466. The predicted molar refractivity (Wildman–Crippen MR) is 48.4 cm³/mol. The predicted octanol–water partition coefficient (Wildman–Crippen LogP) is 4.39. The van der Waals surface area contributed by atoms with E-state index >= 15 is 0 Å². The fourth-order valence-corrected chi connectivity index (χ4v) is 0.757. The summed E-state index contributed by atoms with van der Waals surface area (Å²) in [4.78, 5) is 0. The molecule has 0 rings (SSSR count). The second kappa shape index (κ2) is 6.16. The highest BCUT2D eigenvalue weighted by Gasteiger charge is 2.13. The maximum absolute atomic E-state index is 12.8. The Bertz CT molecular complexity index is 325. The van der Waals surface area contributed by atoms with Crippen molar-refractivity contribution < 1.29 is 22.0 Å². The van der Waals surface area contributed by atoms with Crippen molar-refractivity contribution in [2.75, 3.05) is 6.67 Å². The fraction of sp³-hybridized carbons (Fsp3) is 0.200. The van der Waals surface area contributed by atoms with Crippen LogP contribution in [0, 0.1) is 0 Å². The van der Waals surface area contributed by atoms with Crippen LogP contribution in [0.1, 0.15) is 6.42 Å². The van der Waals surface area contributed by atoms with E-state index in [1.165, 1.54) is 0 Å². The van der Waals surface area contributed by atoms with Gasteiger partial charge in [-0.25, -0.2) is 22.0 Å². The lowest BCUT2D eigenvalue weighted by molar-refractivity contribution is 0.448. The van der Waals surface area contributed by atoms with Gasteiger partial charge in [-0.1, -0.05) is 19.2 Å². The highest BCUT2D eigenvalue weighted by molar-refractivity contribution is 5.29. The molecule has 0 aliphatic rings. The summed E-state index contributed by atoms with van der Waals surface area (Å²) in [5, 5.41) is 0. The van der Waals surface area contributed by atoms with Gasteiger partial charge in [-0.05, 0) is 5.57 Å². The summed E-state index contributed by atoms with van der Waals surface area (Å²) in [7, 11) is 0. The second-order valence-corrected chi connectivity index (χ2v) is 2.57. The van der Waals surface area contributed by atoms with E-state index in [0.717, 1.165) is 6.08 Å². The first-order valence-corrected chi connectivity index (χ1v) is 3.88. The smallest absolute Gasteiger partial charge is 0.189 e. The Morgan fingerprint density at radius 1 is 1.07 bits per heavy atom. The van der Waals surface area contributed by atoms with Gasteiger partial charge in [0.05, 0.1) is 0 Å². The zero-order valence-electron chi connectivity index (χ0n) is 7.80. The lowest BCUT2D eigenvalue weighted by Crippen LogP contribution is -1.90. The summed E-state index contributed by atoms with van der Waals surface area (Å²) in [6, 6.07) is 0. The van der Waals surface area contributed by atoms with E-state index < -0.39 is 42.0 Å². The van der Waals surface area contributed by atoms with Crippen LogP contribution in [0.5, 0.6) is 0 Å². The number of hydrogen-bond acceptors (Lipinski definition) is 0. The largest absolute Gasteiger partial charge is 0.243 e. The highest BCUT2D eigenvalue weighted by Crippen LogP contribution is 2.25. The van der Waals surface area contributed by atoms with Gasteiger partial charge >= 0.3 is 0 Å². The zero-order valence-corrected chi connectivity index (χ0v) is 7.80. The van der Waals surface area contributed by atoms with Gasteiger partial charge < -0.3 is 0 Å². The van der Waals surface area contributed by atoms with Gasteiger partial charge in [-0.3, -0.25) is 0 Å². The van der Waals surface area contributed by atoms with Crippen LogP contribution in [0.25, 0.3) is 0 Å². The van der Waals surface area contributed by atoms with Crippen LogP contribution in [-0.2, 0) is 0 Å². The maximum Gasteiger partial charge on any atom is 0.189 e. The topological polar surface area (TPSA) is 0 Å². The van der Waals surface area contributed by atoms with Crippen molar-refractivity contribution in [3.05, 3.63) is 48.1 Å². The number of halogens is 5. The monoisotopic (exact) mass is 224 g/mol. The van der Waals surface area contributed by atoms with Crippen molar-refractivity contribution in [2.24, 2.45) is 0 Å². The van der Waals surface area contributed by atoms with E-state index in [0.29, 0.717) is 0 Å². The SMILES string of the molecule is C=C/C(C/C(F)=C(/F)C(=C)F)=C(\F)CF. The van der Waals surface area contributed by atoms with E-state index in [1.807, 2.05) is 0 Å². The van der Waals surface area contributed by atoms with Crippen LogP contribution >= 0.6 is 0 Å². The summed E-state index contributed by atoms with van der Waals surface area (Å²) in [5.74, 6) is -6.23. The van der Waals surface area contributed by atoms with Crippen LogP contribution in [0.2, 0.25) is 0 Å². The van der Waals surface area contributed by atoms with Gasteiger partial charge in [-0.15, -0.1) is 0 Å². The molecule has 0 amide bonds. The molecule has 0 aromatic rings. The molecule has 0 aliphatic heterocycles. The Morgan fingerprint density at radius 3 is 1.93 bits per heavy atom. The molecule has 0 fully saturated rings. The minimum absolute atomic E-state index is 0.466. The average Bonchev–Trinajstić information content (AvgIpc) is 2.22. The van der Waals surface area contributed by atoms with Gasteiger partial charge in [0.1, 0.15) is 18.3 Å². The van der Waals surface area contributed by atoms with E-state index in [2.05, 4.69) is 13.2 Å². The molecule has 0 saturated heterocycles. The average molecular weight is 224 g/mol. The normalized spacial score (nSPS) is 14.2. The first-order chi connectivity index (χ1) is 6.93. The van der Waals surface area contributed by atoms with Crippen molar-refractivity contribution in [3.63, 3.8) is 0 Å². The summed E-state index contributed by atoms with van der Waals surface area (Å²) in [6.07, 6.45) is -0.0587. The molecule has 0 atom stereocenters. The van der Waals surface area contributed by atoms with Crippen molar-refractivity contribution in [2.45, 2.75) is 6.42 Å². The minimum atomic E-state index is -1.80. The fourth-order valence-electron chi connectivity index (χ4n) is 0.757. The van der Waals surface area contributed by atoms with Crippen LogP contribution < -0.4 is 0 Å². The van der Waals surface area contributed by atoms with Crippen LogP contribution in [0.3, 0.4) is 0 Å². The Balaban J connectivity index is 4.95. The molecular weight excluding hydrogens is 215 g/mol. The molecule has 0 unspecified atom stereocenters. The van der Waals surface area contributed by atoms with E-state index in [-0.39, 0.29) is 0 Å². The number of alkyl halides is 1. The quantitative estimate of drug-likeness (QED) is 0.480. The third-order valence-electron chi connectivity index (χ3n) is 1.53. The van der Waals surface area contributed by atoms with Gasteiger partial charge in [0.15, 0.2) is 11.7 Å². The molecule has 0 aromatic carbocycles. The first-order valence-electron chi connectivity index (χ1n) is 3.88. The Morgan fingerprint density at radius 2 is 1.60 bits per heavy atom. The van der Waals surface area contributed by atoms with E-state index in [4.69, 9.17) is 0 Å². The Kier molecular flexibility index (Phi) is 5.59. The van der Waals surface area contributed by atoms with Gasteiger partial charge in [-0.2, -0.15) is 0 Å². The molecule has 0 N–H and O–H groups in total. The number of rotatable bonds is 5. The molecule has 84 valence electrons. The molecule has 0 nitrogen and oxygen atoms in total. The summed E-state index contributed by atoms with van der Waals surface area (Å²) >= 11 is 0. The maximum atomic E-state index is 12.8. The lowest BCUT2D eigenvalue weighted by Gasteiger charge is -2.02. The molecule has 15 heavy (non-hydrogen) atoms. The van der Waals surface area contributed by atoms with E-state index in [1.54, 1.807) is 0 Å². The van der Waals surface area contributed by atoms with Crippen LogP contribution in [0.4, 0.5) is 22.0 Å². The molecule has 0 aliphatic carbocycles. The minimum Gasteiger partial charge on any atom is -0.243 e. The molecule has 5 heteroatoms. The molecule has 0 aromatic heterocycles. The first kappa shape index (κ1) is 13.6. The Labute approximate surface area is 84.1 Å². The van der Waals surface area contributed by atoms with Gasteiger partial charge in [0, 0.05) is 6.42 Å². The molecule has 0 bridgehead atoms. The molecular formula is C10H9F5. The molecule has 0 saturated carbocycles. The summed E-state index contributed by atoms with van der Waals surface area (Å²) < 4.78 is 61.9. The van der Waals surface area contributed by atoms with Crippen molar-refractivity contribution in [3.8, 4) is 0 Å². The zero-order chi connectivity index (χ0) is 12.0. The standard InChI is InChI=1S/C10H9F5/c1-3-7(9(14)5-11)4-8(13)10(15)6(2)12/h3H,1-2,4-5H2/b9-7+,10-8-. The van der Waals surface area contributed by atoms with Crippen molar-refractivity contribution >= 4 is 0 Å². The van der Waals surface area contributed by atoms with Crippen LogP contribution in [0.15, 0.2) is 48.1 Å². The number of allylic oxidation sites excluding steroid dienone is 6. The van der Waals surface area contributed by atoms with Gasteiger partial charge in [0.25, 0.3) is 0 Å². The van der Waals surface area contributed by atoms with Crippen molar-refractivity contribution in [1.29, 1.82) is 0 Å². The summed E-state index contributed by atoms with van der Waals surface area (Å²) in [6.45, 7) is 4.17. The van der Waals surface area contributed by atoms with Crippen LogP contribution in [-0.4, -0.2) is 6.67 Å².